The maximum Gasteiger partial charge on any atom is 0.253 e. The van der Waals surface area contributed by atoms with Crippen molar-refractivity contribution in [3.63, 3.8) is 0 Å². The van der Waals surface area contributed by atoms with Crippen LogP contribution in [-0.2, 0) is 16.6 Å². The molecule has 0 unspecified atom stereocenters. The molecule has 0 aromatic heterocycles. The molecule has 0 aliphatic carbocycles. The Kier molecular flexibility index (Phi) is 6.94. The highest BCUT2D eigenvalue weighted by Gasteiger charge is 2.20. The van der Waals surface area contributed by atoms with Gasteiger partial charge in [0.15, 0.2) is 0 Å². The molecule has 0 aliphatic rings. The molecule has 3 aromatic rings. The van der Waals surface area contributed by atoms with Gasteiger partial charge in [0, 0.05) is 20.6 Å². The molecule has 0 spiro atoms. The molecular formula is C22H20ClFN2O4S. The largest absolute Gasteiger partial charge is 0.457 e. The molecule has 162 valence electrons. The highest BCUT2D eigenvalue weighted by Crippen LogP contribution is 2.23. The predicted octanol–water partition coefficient (Wildman–Crippen LogP) is 4.45. The van der Waals surface area contributed by atoms with Gasteiger partial charge >= 0.3 is 0 Å². The summed E-state index contributed by atoms with van der Waals surface area (Å²) in [6, 6.07) is 16.7. The Balaban J connectivity index is 1.66. The van der Waals surface area contributed by atoms with Gasteiger partial charge in [0.2, 0.25) is 10.0 Å². The van der Waals surface area contributed by atoms with Crippen molar-refractivity contribution in [1.29, 1.82) is 0 Å². The van der Waals surface area contributed by atoms with Crippen LogP contribution in [0.15, 0.2) is 71.6 Å². The Morgan fingerprint density at radius 1 is 1.00 bits per heavy atom. The van der Waals surface area contributed by atoms with Crippen molar-refractivity contribution in [2.75, 3.05) is 14.1 Å². The molecule has 31 heavy (non-hydrogen) atoms. The van der Waals surface area contributed by atoms with Crippen LogP contribution in [0.5, 0.6) is 11.5 Å². The monoisotopic (exact) mass is 462 g/mol. The average Bonchev–Trinajstić information content (AvgIpc) is 2.74. The van der Waals surface area contributed by atoms with Crippen molar-refractivity contribution in [3.8, 4) is 11.5 Å². The topological polar surface area (TPSA) is 75.7 Å². The molecule has 0 radical (unpaired) electrons. The van der Waals surface area contributed by atoms with E-state index in [0.29, 0.717) is 11.5 Å². The fraction of sp³-hybridized carbons (Fsp3) is 0.136. The van der Waals surface area contributed by atoms with Crippen molar-refractivity contribution in [2.45, 2.75) is 11.4 Å². The van der Waals surface area contributed by atoms with Crippen LogP contribution in [0.4, 0.5) is 4.39 Å². The van der Waals surface area contributed by atoms with Crippen LogP contribution in [0.25, 0.3) is 0 Å². The molecule has 1 N–H and O–H groups in total. The minimum atomic E-state index is -3.69. The van der Waals surface area contributed by atoms with Crippen LogP contribution in [0.3, 0.4) is 0 Å². The van der Waals surface area contributed by atoms with Gasteiger partial charge < -0.3 is 10.1 Å². The summed E-state index contributed by atoms with van der Waals surface area (Å²) in [5.74, 6) is 0.229. The highest BCUT2D eigenvalue weighted by atomic mass is 35.5. The van der Waals surface area contributed by atoms with Crippen LogP contribution >= 0.6 is 11.6 Å². The van der Waals surface area contributed by atoms with Gasteiger partial charge in [0.25, 0.3) is 5.91 Å². The summed E-state index contributed by atoms with van der Waals surface area (Å²) in [5, 5.41) is 2.88. The third-order valence-corrected chi connectivity index (χ3v) is 6.53. The molecule has 0 saturated heterocycles. The third-order valence-electron chi connectivity index (χ3n) is 4.39. The van der Waals surface area contributed by atoms with Gasteiger partial charge in [-0.05, 0) is 60.2 Å². The van der Waals surface area contributed by atoms with Crippen molar-refractivity contribution >= 4 is 27.5 Å². The fourth-order valence-electron chi connectivity index (χ4n) is 2.64. The number of sulfonamides is 1. The Hall–Kier alpha value is -2.94. The Labute approximate surface area is 185 Å². The fourth-order valence-corrected chi connectivity index (χ4v) is 3.77. The zero-order chi connectivity index (χ0) is 22.6. The standard InChI is InChI=1S/C22H20ClFN2O4S/c1-26(2)31(28,29)19-11-12-21(23)20(13-19)22(27)25-14-15-3-7-17(8-4-15)30-18-9-5-16(24)6-10-18/h3-13H,14H2,1-2H3,(H,25,27). The first-order valence-electron chi connectivity index (χ1n) is 9.19. The van der Waals surface area contributed by atoms with E-state index in [9.17, 15) is 17.6 Å². The second-order valence-electron chi connectivity index (χ2n) is 6.81. The number of nitrogens with zero attached hydrogens (tertiary/aromatic N) is 1. The minimum absolute atomic E-state index is 0.0191. The van der Waals surface area contributed by atoms with Crippen molar-refractivity contribution in [2.24, 2.45) is 0 Å². The van der Waals surface area contributed by atoms with Gasteiger partial charge in [-0.15, -0.1) is 0 Å². The quantitative estimate of drug-likeness (QED) is 0.562. The van der Waals surface area contributed by atoms with E-state index in [1.165, 1.54) is 56.6 Å². The Morgan fingerprint density at radius 2 is 1.58 bits per heavy atom. The zero-order valence-electron chi connectivity index (χ0n) is 16.8. The lowest BCUT2D eigenvalue weighted by Gasteiger charge is -2.13. The second kappa shape index (κ2) is 9.47. The number of hydrogen-bond donors (Lipinski definition) is 1. The normalized spacial score (nSPS) is 11.4. The lowest BCUT2D eigenvalue weighted by Crippen LogP contribution is -2.25. The number of benzene rings is 3. The first-order valence-corrected chi connectivity index (χ1v) is 11.0. The van der Waals surface area contributed by atoms with Gasteiger partial charge in [-0.3, -0.25) is 4.79 Å². The van der Waals surface area contributed by atoms with Gasteiger partial charge in [0.1, 0.15) is 17.3 Å². The number of rotatable bonds is 7. The molecular weight excluding hydrogens is 443 g/mol. The molecule has 0 bridgehead atoms. The molecule has 0 aliphatic heterocycles. The maximum absolute atomic E-state index is 13.0. The summed E-state index contributed by atoms with van der Waals surface area (Å²) < 4.78 is 44.3. The van der Waals surface area contributed by atoms with Gasteiger partial charge in [-0.1, -0.05) is 23.7 Å². The summed E-state index contributed by atoms with van der Waals surface area (Å²) in [7, 11) is -0.870. The van der Waals surface area contributed by atoms with Gasteiger partial charge in [-0.25, -0.2) is 17.1 Å². The van der Waals surface area contributed by atoms with E-state index < -0.39 is 15.9 Å². The van der Waals surface area contributed by atoms with E-state index in [4.69, 9.17) is 16.3 Å². The minimum Gasteiger partial charge on any atom is -0.457 e. The second-order valence-corrected chi connectivity index (χ2v) is 9.37. The van der Waals surface area contributed by atoms with Crippen molar-refractivity contribution < 1.29 is 22.3 Å². The van der Waals surface area contributed by atoms with E-state index in [1.54, 1.807) is 24.3 Å². The summed E-state index contributed by atoms with van der Waals surface area (Å²) in [4.78, 5) is 12.5. The van der Waals surface area contributed by atoms with Crippen LogP contribution < -0.4 is 10.1 Å². The first-order chi connectivity index (χ1) is 14.7. The highest BCUT2D eigenvalue weighted by molar-refractivity contribution is 7.89. The van der Waals surface area contributed by atoms with Crippen molar-refractivity contribution in [3.05, 3.63) is 88.7 Å². The number of ether oxygens (including phenoxy) is 1. The lowest BCUT2D eigenvalue weighted by molar-refractivity contribution is 0.0951. The number of carbonyl (C=O) groups is 1. The first kappa shape index (κ1) is 22.7. The molecule has 1 amide bonds. The van der Waals surface area contributed by atoms with E-state index in [1.807, 2.05) is 0 Å². The van der Waals surface area contributed by atoms with Gasteiger partial charge in [-0.2, -0.15) is 0 Å². The number of hydrogen-bond acceptors (Lipinski definition) is 4. The predicted molar refractivity (Wildman–Crippen MR) is 116 cm³/mol. The van der Waals surface area contributed by atoms with E-state index in [2.05, 4.69) is 5.32 Å². The molecule has 0 fully saturated rings. The maximum atomic E-state index is 13.0. The Bertz CT molecular complexity index is 1180. The van der Waals surface area contributed by atoms with Crippen LogP contribution in [-0.4, -0.2) is 32.7 Å². The summed E-state index contributed by atoms with van der Waals surface area (Å²) in [6.07, 6.45) is 0. The average molecular weight is 463 g/mol. The number of halogens is 2. The SMILES string of the molecule is CN(C)S(=O)(=O)c1ccc(Cl)c(C(=O)NCc2ccc(Oc3ccc(F)cc3)cc2)c1. The molecule has 3 rings (SSSR count). The molecule has 0 heterocycles. The van der Waals surface area contributed by atoms with E-state index >= 15 is 0 Å². The van der Waals surface area contributed by atoms with Gasteiger partial charge in [0.05, 0.1) is 15.5 Å². The number of carbonyl (C=O) groups excluding carboxylic acids is 1. The lowest BCUT2D eigenvalue weighted by atomic mass is 10.2. The molecule has 0 atom stereocenters. The zero-order valence-corrected chi connectivity index (χ0v) is 18.4. The van der Waals surface area contributed by atoms with Crippen LogP contribution in [0.1, 0.15) is 15.9 Å². The van der Waals surface area contributed by atoms with Crippen LogP contribution in [0.2, 0.25) is 5.02 Å². The van der Waals surface area contributed by atoms with E-state index in [-0.39, 0.29) is 27.8 Å². The smallest absolute Gasteiger partial charge is 0.253 e. The summed E-state index contributed by atoms with van der Waals surface area (Å²) in [5.41, 5.74) is 0.869. The molecule has 3 aromatic carbocycles. The van der Waals surface area contributed by atoms with Crippen molar-refractivity contribution in [1.82, 2.24) is 9.62 Å². The summed E-state index contributed by atoms with van der Waals surface area (Å²) in [6.45, 7) is 0.205. The molecule has 9 heteroatoms. The summed E-state index contributed by atoms with van der Waals surface area (Å²) >= 11 is 6.10. The molecule has 0 saturated carbocycles. The Morgan fingerprint density at radius 3 is 2.16 bits per heavy atom. The number of amides is 1. The number of nitrogens with one attached hydrogen (secondary N) is 1. The third kappa shape index (κ3) is 5.61. The molecule has 6 nitrogen and oxygen atoms in total. The van der Waals surface area contributed by atoms with Crippen LogP contribution in [0, 0.1) is 5.82 Å². The van der Waals surface area contributed by atoms with E-state index in [0.717, 1.165) is 9.87 Å².